The zero-order chi connectivity index (χ0) is 13.8. The van der Waals surface area contributed by atoms with E-state index in [1.54, 1.807) is 37.4 Å². The third-order valence-corrected chi connectivity index (χ3v) is 2.77. The summed E-state index contributed by atoms with van der Waals surface area (Å²) in [5.74, 6) is 0.534. The molecule has 4 heteroatoms. The molecule has 0 heterocycles. The minimum absolute atomic E-state index is 0.110. The van der Waals surface area contributed by atoms with E-state index in [4.69, 9.17) is 4.74 Å². The van der Waals surface area contributed by atoms with Gasteiger partial charge in [0.15, 0.2) is 0 Å². The van der Waals surface area contributed by atoms with Gasteiger partial charge in [-0.1, -0.05) is 12.1 Å². The Morgan fingerprint density at radius 1 is 1.21 bits per heavy atom. The van der Waals surface area contributed by atoms with Crippen molar-refractivity contribution in [2.24, 2.45) is 0 Å². The van der Waals surface area contributed by atoms with Crippen LogP contribution in [-0.2, 0) is 0 Å². The number of rotatable bonds is 3. The smallest absolute Gasteiger partial charge is 0.255 e. The zero-order valence-electron chi connectivity index (χ0n) is 10.8. The molecule has 2 aromatic rings. The molecule has 0 fully saturated rings. The molecule has 0 unspecified atom stereocenters. The second-order valence-electron chi connectivity index (χ2n) is 4.19. The van der Waals surface area contributed by atoms with Crippen molar-refractivity contribution < 1.29 is 14.6 Å². The minimum atomic E-state index is -0.246. The van der Waals surface area contributed by atoms with E-state index >= 15 is 0 Å². The number of methoxy groups -OCH3 is 1. The summed E-state index contributed by atoms with van der Waals surface area (Å²) in [6.45, 7) is 1.91. The number of hydrogen-bond donors (Lipinski definition) is 2. The van der Waals surface area contributed by atoms with Crippen molar-refractivity contribution in [1.29, 1.82) is 0 Å². The molecule has 0 saturated heterocycles. The van der Waals surface area contributed by atoms with E-state index in [1.165, 1.54) is 6.07 Å². The maximum Gasteiger partial charge on any atom is 0.255 e. The van der Waals surface area contributed by atoms with Crippen molar-refractivity contribution in [3.05, 3.63) is 53.6 Å². The van der Waals surface area contributed by atoms with Crippen LogP contribution in [0.1, 0.15) is 15.9 Å². The van der Waals surface area contributed by atoms with Crippen LogP contribution < -0.4 is 10.1 Å². The fourth-order valence-corrected chi connectivity index (χ4v) is 1.75. The quantitative estimate of drug-likeness (QED) is 0.888. The van der Waals surface area contributed by atoms with Gasteiger partial charge in [-0.15, -0.1) is 0 Å². The number of nitrogens with one attached hydrogen (secondary N) is 1. The maximum atomic E-state index is 12.1. The number of aryl methyl sites for hydroxylation is 1. The molecule has 98 valence electrons. The lowest BCUT2D eigenvalue weighted by Gasteiger charge is -2.08. The Balaban J connectivity index is 2.20. The summed E-state index contributed by atoms with van der Waals surface area (Å²) in [6, 6.07) is 11.7. The summed E-state index contributed by atoms with van der Waals surface area (Å²) in [4.78, 5) is 12.1. The van der Waals surface area contributed by atoms with Crippen LogP contribution in [0.15, 0.2) is 42.5 Å². The molecule has 2 rings (SSSR count). The fraction of sp³-hybridized carbons (Fsp3) is 0.133. The highest BCUT2D eigenvalue weighted by molar-refractivity contribution is 6.04. The molecule has 0 saturated carbocycles. The van der Waals surface area contributed by atoms with Gasteiger partial charge in [0.1, 0.15) is 11.5 Å². The molecule has 0 aromatic heterocycles. The Hall–Kier alpha value is -2.49. The van der Waals surface area contributed by atoms with E-state index in [2.05, 4.69) is 5.32 Å². The van der Waals surface area contributed by atoms with E-state index < -0.39 is 0 Å². The van der Waals surface area contributed by atoms with Gasteiger partial charge in [0, 0.05) is 17.3 Å². The fourth-order valence-electron chi connectivity index (χ4n) is 1.75. The van der Waals surface area contributed by atoms with Crippen LogP contribution in [-0.4, -0.2) is 18.1 Å². The van der Waals surface area contributed by atoms with Crippen LogP contribution in [0.2, 0.25) is 0 Å². The Labute approximate surface area is 111 Å². The van der Waals surface area contributed by atoms with Crippen molar-refractivity contribution in [2.45, 2.75) is 6.92 Å². The molecule has 0 bridgehead atoms. The Morgan fingerprint density at radius 3 is 2.68 bits per heavy atom. The van der Waals surface area contributed by atoms with E-state index in [1.807, 2.05) is 13.0 Å². The summed E-state index contributed by atoms with van der Waals surface area (Å²) in [5.41, 5.74) is 2.02. The summed E-state index contributed by atoms with van der Waals surface area (Å²) >= 11 is 0. The summed E-state index contributed by atoms with van der Waals surface area (Å²) in [5, 5.41) is 12.1. The lowest BCUT2D eigenvalue weighted by atomic mass is 10.1. The third kappa shape index (κ3) is 3.04. The predicted molar refractivity (Wildman–Crippen MR) is 73.8 cm³/mol. The van der Waals surface area contributed by atoms with Crippen LogP contribution in [0, 0.1) is 6.92 Å². The van der Waals surface area contributed by atoms with Crippen LogP contribution in [0.4, 0.5) is 5.69 Å². The highest BCUT2D eigenvalue weighted by Gasteiger charge is 2.09. The van der Waals surface area contributed by atoms with Crippen molar-refractivity contribution in [2.75, 3.05) is 12.4 Å². The molecular weight excluding hydrogens is 242 g/mol. The Kier molecular flexibility index (Phi) is 3.71. The largest absolute Gasteiger partial charge is 0.508 e. The molecule has 19 heavy (non-hydrogen) atoms. The number of carbonyl (C=O) groups excluding carboxylic acids is 1. The summed E-state index contributed by atoms with van der Waals surface area (Å²) < 4.78 is 5.19. The van der Waals surface area contributed by atoms with Crippen LogP contribution >= 0.6 is 0 Å². The molecule has 4 nitrogen and oxygen atoms in total. The lowest BCUT2D eigenvalue weighted by Crippen LogP contribution is -2.12. The van der Waals surface area contributed by atoms with Crippen molar-refractivity contribution in [3.8, 4) is 11.5 Å². The van der Waals surface area contributed by atoms with Gasteiger partial charge in [-0.3, -0.25) is 4.79 Å². The molecule has 0 spiro atoms. The number of carbonyl (C=O) groups is 1. The average Bonchev–Trinajstić information content (AvgIpc) is 2.39. The third-order valence-electron chi connectivity index (χ3n) is 2.77. The Morgan fingerprint density at radius 2 is 2.00 bits per heavy atom. The average molecular weight is 257 g/mol. The number of benzene rings is 2. The first-order valence-corrected chi connectivity index (χ1v) is 5.85. The molecule has 0 radical (unpaired) electrons. The summed E-state index contributed by atoms with van der Waals surface area (Å²) in [6.07, 6.45) is 0. The highest BCUT2D eigenvalue weighted by atomic mass is 16.5. The monoisotopic (exact) mass is 257 g/mol. The predicted octanol–water partition coefficient (Wildman–Crippen LogP) is 2.96. The van der Waals surface area contributed by atoms with E-state index in [0.717, 1.165) is 5.56 Å². The molecule has 0 aliphatic rings. The number of phenols is 1. The van der Waals surface area contributed by atoms with Gasteiger partial charge in [-0.25, -0.2) is 0 Å². The molecule has 0 aliphatic carbocycles. The number of hydrogen-bond acceptors (Lipinski definition) is 3. The molecule has 2 aromatic carbocycles. The molecule has 0 atom stereocenters. The van der Waals surface area contributed by atoms with Crippen LogP contribution in [0.25, 0.3) is 0 Å². The maximum absolute atomic E-state index is 12.1. The topological polar surface area (TPSA) is 58.6 Å². The van der Waals surface area contributed by atoms with Gasteiger partial charge >= 0.3 is 0 Å². The van der Waals surface area contributed by atoms with E-state index in [9.17, 15) is 9.90 Å². The zero-order valence-corrected chi connectivity index (χ0v) is 10.8. The minimum Gasteiger partial charge on any atom is -0.508 e. The van der Waals surface area contributed by atoms with Crippen molar-refractivity contribution in [1.82, 2.24) is 0 Å². The molecule has 2 N–H and O–H groups in total. The molecular formula is C15H15NO3. The molecule has 1 amide bonds. The number of anilines is 1. The van der Waals surface area contributed by atoms with Gasteiger partial charge in [0.2, 0.25) is 0 Å². The van der Waals surface area contributed by atoms with Gasteiger partial charge < -0.3 is 15.2 Å². The number of aromatic hydroxyl groups is 1. The second kappa shape index (κ2) is 5.44. The first-order chi connectivity index (χ1) is 9.10. The first-order valence-electron chi connectivity index (χ1n) is 5.85. The van der Waals surface area contributed by atoms with Crippen molar-refractivity contribution in [3.63, 3.8) is 0 Å². The van der Waals surface area contributed by atoms with Crippen LogP contribution in [0.5, 0.6) is 11.5 Å². The number of phenolic OH excluding ortho intramolecular Hbond substituents is 1. The Bertz CT molecular complexity index is 608. The normalized spacial score (nSPS) is 10.0. The van der Waals surface area contributed by atoms with Gasteiger partial charge in [-0.05, 0) is 36.8 Å². The number of ether oxygens (including phenoxy) is 1. The molecule has 0 aliphatic heterocycles. The van der Waals surface area contributed by atoms with Gasteiger partial charge in [-0.2, -0.15) is 0 Å². The lowest BCUT2D eigenvalue weighted by molar-refractivity contribution is 0.102. The first kappa shape index (κ1) is 13.0. The second-order valence-corrected chi connectivity index (χ2v) is 4.19. The van der Waals surface area contributed by atoms with Crippen molar-refractivity contribution >= 4 is 11.6 Å². The standard InChI is InChI=1S/C15H15NO3/c1-10-6-7-11(8-14(10)19-2)15(18)16-12-4-3-5-13(17)9-12/h3-9,17H,1-2H3,(H,16,18). The van der Waals surface area contributed by atoms with E-state index in [0.29, 0.717) is 17.0 Å². The van der Waals surface area contributed by atoms with Gasteiger partial charge in [0.05, 0.1) is 7.11 Å². The van der Waals surface area contributed by atoms with Gasteiger partial charge in [0.25, 0.3) is 5.91 Å². The SMILES string of the molecule is COc1cc(C(=O)Nc2cccc(O)c2)ccc1C. The van der Waals surface area contributed by atoms with Crippen LogP contribution in [0.3, 0.4) is 0 Å². The number of amides is 1. The highest BCUT2D eigenvalue weighted by Crippen LogP contribution is 2.21. The van der Waals surface area contributed by atoms with E-state index in [-0.39, 0.29) is 11.7 Å². The summed E-state index contributed by atoms with van der Waals surface area (Å²) in [7, 11) is 1.57.